The molecular weight excluding hydrogens is 258 g/mol. The highest BCUT2D eigenvalue weighted by molar-refractivity contribution is 5.63. The number of aromatic nitrogens is 2. The maximum Gasteiger partial charge on any atom is 0.145 e. The minimum atomic E-state index is -0.0516. The first-order chi connectivity index (χ1) is 9.52. The number of phenolic OH excluding ortho intramolecular Hbond substituents is 1. The fraction of sp³-hybridized carbons (Fsp3) is 0.308. The van der Waals surface area contributed by atoms with Gasteiger partial charge in [0.15, 0.2) is 0 Å². The second-order valence-electron chi connectivity index (χ2n) is 4.55. The van der Waals surface area contributed by atoms with E-state index in [0.717, 1.165) is 11.3 Å². The first-order valence-electron chi connectivity index (χ1n) is 6.28. The molecule has 0 spiro atoms. The van der Waals surface area contributed by atoms with Crippen molar-refractivity contribution in [1.82, 2.24) is 9.78 Å². The molecule has 7 N–H and O–H groups in total. The highest BCUT2D eigenvalue weighted by Crippen LogP contribution is 2.23. The third-order valence-electron chi connectivity index (χ3n) is 3.09. The minimum absolute atomic E-state index is 0.0516. The van der Waals surface area contributed by atoms with Gasteiger partial charge in [0.25, 0.3) is 0 Å². The number of hydrogen-bond acceptors (Lipinski definition) is 6. The van der Waals surface area contributed by atoms with Gasteiger partial charge < -0.3 is 27.0 Å². The van der Waals surface area contributed by atoms with Gasteiger partial charge in [-0.1, -0.05) is 6.07 Å². The molecule has 0 amide bonds. The van der Waals surface area contributed by atoms with Gasteiger partial charge in [0.2, 0.25) is 0 Å². The predicted octanol–water partition coefficient (Wildman–Crippen LogP) is 0.666. The Morgan fingerprint density at radius 3 is 2.75 bits per heavy atom. The number of benzene rings is 1. The van der Waals surface area contributed by atoms with Crippen molar-refractivity contribution in [3.05, 3.63) is 29.5 Å². The van der Waals surface area contributed by atoms with Crippen LogP contribution in [0.4, 0.5) is 17.2 Å². The van der Waals surface area contributed by atoms with Gasteiger partial charge in [-0.15, -0.1) is 0 Å². The molecule has 7 heteroatoms. The highest BCUT2D eigenvalue weighted by Gasteiger charge is 2.12. The molecule has 1 aromatic carbocycles. The zero-order chi connectivity index (χ0) is 14.7. The van der Waals surface area contributed by atoms with Gasteiger partial charge in [0.1, 0.15) is 17.3 Å². The van der Waals surface area contributed by atoms with E-state index < -0.39 is 0 Å². The third kappa shape index (κ3) is 2.77. The Morgan fingerprint density at radius 2 is 2.10 bits per heavy atom. The zero-order valence-corrected chi connectivity index (χ0v) is 11.3. The summed E-state index contributed by atoms with van der Waals surface area (Å²) >= 11 is 0. The summed E-state index contributed by atoms with van der Waals surface area (Å²) in [5, 5.41) is 25.9. The molecule has 2 rings (SSSR count). The van der Waals surface area contributed by atoms with Crippen molar-refractivity contribution in [3.8, 4) is 5.75 Å². The van der Waals surface area contributed by atoms with E-state index in [0.29, 0.717) is 30.3 Å². The number of anilines is 3. The van der Waals surface area contributed by atoms with Crippen molar-refractivity contribution in [2.45, 2.75) is 20.0 Å². The van der Waals surface area contributed by atoms with E-state index in [1.165, 1.54) is 4.68 Å². The van der Waals surface area contributed by atoms with Gasteiger partial charge in [0, 0.05) is 11.8 Å². The molecule has 0 aliphatic heterocycles. The molecule has 7 nitrogen and oxygen atoms in total. The quantitative estimate of drug-likeness (QED) is 0.547. The number of aliphatic hydroxyl groups is 1. The van der Waals surface area contributed by atoms with Gasteiger partial charge in [-0.25, -0.2) is 4.68 Å². The van der Waals surface area contributed by atoms with Crippen LogP contribution in [0.2, 0.25) is 0 Å². The molecule has 0 aliphatic carbocycles. The molecule has 0 atom stereocenters. The summed E-state index contributed by atoms with van der Waals surface area (Å²) in [6.45, 7) is 2.47. The van der Waals surface area contributed by atoms with E-state index in [1.807, 2.05) is 19.1 Å². The molecule has 20 heavy (non-hydrogen) atoms. The molecule has 0 saturated heterocycles. The second-order valence-corrected chi connectivity index (χ2v) is 4.55. The molecule has 1 aromatic heterocycles. The number of nitrogens with zero attached hydrogens (tertiary/aromatic N) is 2. The van der Waals surface area contributed by atoms with Crippen LogP contribution in [0.5, 0.6) is 5.75 Å². The van der Waals surface area contributed by atoms with Crippen LogP contribution in [0.25, 0.3) is 0 Å². The number of aromatic hydroxyl groups is 1. The van der Waals surface area contributed by atoms with Gasteiger partial charge >= 0.3 is 0 Å². The van der Waals surface area contributed by atoms with Crippen LogP contribution in [0.1, 0.15) is 11.3 Å². The van der Waals surface area contributed by atoms with Crippen LogP contribution >= 0.6 is 0 Å². The normalized spacial score (nSPS) is 10.7. The van der Waals surface area contributed by atoms with Crippen molar-refractivity contribution in [3.63, 3.8) is 0 Å². The number of hydrogen-bond donors (Lipinski definition) is 5. The topological polar surface area (TPSA) is 122 Å². The molecule has 0 bridgehead atoms. The van der Waals surface area contributed by atoms with Crippen molar-refractivity contribution in [2.24, 2.45) is 0 Å². The average Bonchev–Trinajstić information content (AvgIpc) is 2.69. The number of aliphatic hydroxyl groups excluding tert-OH is 1. The van der Waals surface area contributed by atoms with Crippen molar-refractivity contribution < 1.29 is 10.2 Å². The van der Waals surface area contributed by atoms with Crippen LogP contribution in [0.15, 0.2) is 18.2 Å². The lowest BCUT2D eigenvalue weighted by molar-refractivity contribution is 0.270. The fourth-order valence-corrected chi connectivity index (χ4v) is 1.84. The van der Waals surface area contributed by atoms with E-state index in [2.05, 4.69) is 10.4 Å². The Labute approximate surface area is 116 Å². The number of nitrogens with two attached hydrogens (primary N) is 2. The first-order valence-corrected chi connectivity index (χ1v) is 6.28. The van der Waals surface area contributed by atoms with Crippen LogP contribution in [-0.4, -0.2) is 26.6 Å². The number of nitrogen functional groups attached to an aromatic ring is 2. The number of nitrogens with one attached hydrogen (secondary N) is 1. The van der Waals surface area contributed by atoms with Gasteiger partial charge in [0.05, 0.1) is 25.4 Å². The van der Waals surface area contributed by atoms with Gasteiger partial charge in [-0.3, -0.25) is 0 Å². The average molecular weight is 277 g/mol. The van der Waals surface area contributed by atoms with Crippen molar-refractivity contribution in [1.29, 1.82) is 0 Å². The Balaban J connectivity index is 2.10. The van der Waals surface area contributed by atoms with Gasteiger partial charge in [-0.05, 0) is 18.6 Å². The molecule has 0 unspecified atom stereocenters. The van der Waals surface area contributed by atoms with Crippen LogP contribution in [-0.2, 0) is 13.1 Å². The lowest BCUT2D eigenvalue weighted by atomic mass is 10.2. The lowest BCUT2D eigenvalue weighted by Crippen LogP contribution is -2.08. The summed E-state index contributed by atoms with van der Waals surface area (Å²) in [6.07, 6.45) is 0. The molecule has 0 fully saturated rings. The highest BCUT2D eigenvalue weighted by atomic mass is 16.3. The summed E-state index contributed by atoms with van der Waals surface area (Å²) in [5.41, 5.74) is 14.3. The van der Waals surface area contributed by atoms with Crippen molar-refractivity contribution >= 4 is 17.2 Å². The molecule has 0 saturated carbocycles. The maximum absolute atomic E-state index is 9.64. The largest absolute Gasteiger partial charge is 0.508 e. The molecule has 0 aliphatic rings. The van der Waals surface area contributed by atoms with Crippen LogP contribution in [0, 0.1) is 6.92 Å². The third-order valence-corrected chi connectivity index (χ3v) is 3.09. The monoisotopic (exact) mass is 277 g/mol. The summed E-state index contributed by atoms with van der Waals surface area (Å²) < 4.78 is 1.47. The van der Waals surface area contributed by atoms with E-state index in [-0.39, 0.29) is 12.4 Å². The standard InChI is InChI=1S/C13H19N5O2/c1-8-2-3-9(6-11(8)20)16-7-10-12(14)13(15)18(17-10)4-5-19/h2-3,6,16,19-20H,4-5,7,14-15H2,1H3. The molecule has 108 valence electrons. The Kier molecular flexibility index (Phi) is 3.99. The SMILES string of the molecule is Cc1ccc(NCc2nn(CCO)c(N)c2N)cc1O. The Bertz CT molecular complexity index is 609. The number of rotatable bonds is 5. The number of aryl methyl sites for hydroxylation is 1. The summed E-state index contributed by atoms with van der Waals surface area (Å²) in [4.78, 5) is 0. The minimum Gasteiger partial charge on any atom is -0.508 e. The predicted molar refractivity (Wildman–Crippen MR) is 78.3 cm³/mol. The fourth-order valence-electron chi connectivity index (χ4n) is 1.84. The maximum atomic E-state index is 9.64. The van der Waals surface area contributed by atoms with E-state index in [4.69, 9.17) is 16.6 Å². The first kappa shape index (κ1) is 14.0. The summed E-state index contributed by atoms with van der Waals surface area (Å²) in [5.74, 6) is 0.580. The zero-order valence-electron chi connectivity index (χ0n) is 11.3. The number of phenols is 1. The Hall–Kier alpha value is -2.41. The van der Waals surface area contributed by atoms with Crippen LogP contribution < -0.4 is 16.8 Å². The summed E-state index contributed by atoms with van der Waals surface area (Å²) in [6, 6.07) is 5.32. The second kappa shape index (κ2) is 5.70. The Morgan fingerprint density at radius 1 is 1.35 bits per heavy atom. The van der Waals surface area contributed by atoms with E-state index in [1.54, 1.807) is 6.07 Å². The van der Waals surface area contributed by atoms with Crippen LogP contribution in [0.3, 0.4) is 0 Å². The van der Waals surface area contributed by atoms with Gasteiger partial charge in [-0.2, -0.15) is 5.10 Å². The summed E-state index contributed by atoms with van der Waals surface area (Å²) in [7, 11) is 0. The molecule has 1 heterocycles. The lowest BCUT2D eigenvalue weighted by Gasteiger charge is -2.07. The van der Waals surface area contributed by atoms with E-state index >= 15 is 0 Å². The van der Waals surface area contributed by atoms with Crippen molar-refractivity contribution in [2.75, 3.05) is 23.4 Å². The molecule has 0 radical (unpaired) electrons. The van der Waals surface area contributed by atoms with E-state index in [9.17, 15) is 5.11 Å². The molecule has 2 aromatic rings. The molecular formula is C13H19N5O2. The smallest absolute Gasteiger partial charge is 0.145 e.